The van der Waals surface area contributed by atoms with Crippen LogP contribution >= 0.6 is 23.2 Å². The van der Waals surface area contributed by atoms with Crippen molar-refractivity contribution in [3.05, 3.63) is 33.8 Å². The van der Waals surface area contributed by atoms with Gasteiger partial charge in [-0.15, -0.1) is 0 Å². The first-order chi connectivity index (χ1) is 9.44. The van der Waals surface area contributed by atoms with Crippen molar-refractivity contribution in [2.24, 2.45) is 17.6 Å². The molecule has 1 aromatic carbocycles. The van der Waals surface area contributed by atoms with Gasteiger partial charge >= 0.3 is 0 Å². The molecule has 112 valence electrons. The molecule has 1 heterocycles. The first-order valence-corrected chi connectivity index (χ1v) is 8.19. The maximum Gasteiger partial charge on any atom is 0.106 e. The summed E-state index contributed by atoms with van der Waals surface area (Å²) in [4.78, 5) is 0. The highest BCUT2D eigenvalue weighted by Crippen LogP contribution is 2.31. The Morgan fingerprint density at radius 1 is 1.35 bits per heavy atom. The summed E-state index contributed by atoms with van der Waals surface area (Å²) in [5.41, 5.74) is 7.08. The lowest BCUT2D eigenvalue weighted by molar-refractivity contribution is -0.933. The fourth-order valence-corrected chi connectivity index (χ4v) is 4.01. The third-order valence-corrected chi connectivity index (χ3v) is 4.85. The number of hydrogen-bond acceptors (Lipinski definition) is 1. The van der Waals surface area contributed by atoms with E-state index < -0.39 is 0 Å². The Morgan fingerprint density at radius 2 is 2.10 bits per heavy atom. The summed E-state index contributed by atoms with van der Waals surface area (Å²) in [6, 6.07) is 5.85. The van der Waals surface area contributed by atoms with Crippen LogP contribution in [0.1, 0.15) is 25.8 Å². The van der Waals surface area contributed by atoms with Gasteiger partial charge in [-0.25, -0.2) is 0 Å². The van der Waals surface area contributed by atoms with Crippen LogP contribution in [0, 0.1) is 11.8 Å². The highest BCUT2D eigenvalue weighted by molar-refractivity contribution is 6.35. The number of likely N-dealkylation sites (tertiary alicyclic amines) is 1. The predicted octanol–water partition coefficient (Wildman–Crippen LogP) is 3.94. The molecule has 4 heteroatoms. The number of quaternary nitrogens is 1. The average Bonchev–Trinajstić information content (AvgIpc) is 2.75. The van der Waals surface area contributed by atoms with Gasteiger partial charge in [0.2, 0.25) is 0 Å². The quantitative estimate of drug-likeness (QED) is 0.818. The summed E-state index contributed by atoms with van der Waals surface area (Å²) in [5, 5.41) is 1.49. The van der Waals surface area contributed by atoms with Crippen molar-refractivity contribution in [1.82, 2.24) is 0 Å². The first kappa shape index (κ1) is 16.1. The van der Waals surface area contributed by atoms with Crippen LogP contribution in [-0.4, -0.2) is 30.7 Å². The molecular formula is C16H25Cl2N2+. The molecule has 1 saturated heterocycles. The van der Waals surface area contributed by atoms with Gasteiger partial charge in [0.25, 0.3) is 0 Å². The summed E-state index contributed by atoms with van der Waals surface area (Å²) < 4.78 is 1.11. The smallest absolute Gasteiger partial charge is 0.106 e. The van der Waals surface area contributed by atoms with Crippen molar-refractivity contribution in [2.75, 3.05) is 26.2 Å². The minimum Gasteiger partial charge on any atom is -0.330 e. The number of hydrogen-bond donors (Lipinski definition) is 1. The Bertz CT molecular complexity index is 462. The van der Waals surface area contributed by atoms with Crippen LogP contribution in [0.15, 0.2) is 18.2 Å². The summed E-state index contributed by atoms with van der Waals surface area (Å²) in [5.74, 6) is 1.33. The lowest BCUT2D eigenvalue weighted by Crippen LogP contribution is -2.48. The van der Waals surface area contributed by atoms with Crippen molar-refractivity contribution in [3.63, 3.8) is 0 Å². The fraction of sp³-hybridized carbons (Fsp3) is 0.625. The van der Waals surface area contributed by atoms with E-state index in [0.29, 0.717) is 16.9 Å². The van der Waals surface area contributed by atoms with Gasteiger partial charge in [-0.05, 0) is 12.1 Å². The van der Waals surface area contributed by atoms with E-state index in [9.17, 15) is 0 Å². The summed E-state index contributed by atoms with van der Waals surface area (Å²) in [7, 11) is 0. The van der Waals surface area contributed by atoms with Gasteiger partial charge < -0.3 is 10.2 Å². The van der Waals surface area contributed by atoms with Crippen molar-refractivity contribution >= 4 is 23.2 Å². The van der Waals surface area contributed by atoms with Gasteiger partial charge in [-0.1, -0.05) is 43.1 Å². The van der Waals surface area contributed by atoms with Gasteiger partial charge in [0, 0.05) is 35.4 Å². The van der Waals surface area contributed by atoms with Crippen molar-refractivity contribution < 1.29 is 4.48 Å². The molecule has 0 aromatic heterocycles. The van der Waals surface area contributed by atoms with E-state index in [2.05, 4.69) is 19.9 Å². The molecular weight excluding hydrogens is 291 g/mol. The molecule has 0 bridgehead atoms. The van der Waals surface area contributed by atoms with Gasteiger partial charge in [0.15, 0.2) is 0 Å². The minimum atomic E-state index is 0.653. The van der Waals surface area contributed by atoms with Gasteiger partial charge in [0.1, 0.15) is 6.54 Å². The molecule has 2 atom stereocenters. The molecule has 2 rings (SSSR count). The number of halogens is 2. The highest BCUT2D eigenvalue weighted by atomic mass is 35.5. The number of rotatable bonds is 5. The van der Waals surface area contributed by atoms with Gasteiger partial charge in [0.05, 0.1) is 24.7 Å². The molecule has 0 spiro atoms. The second-order valence-corrected chi connectivity index (χ2v) is 7.45. The predicted molar refractivity (Wildman–Crippen MR) is 87.0 cm³/mol. The molecule has 20 heavy (non-hydrogen) atoms. The van der Waals surface area contributed by atoms with E-state index in [1.807, 2.05) is 12.1 Å². The average molecular weight is 316 g/mol. The Labute approximate surface area is 132 Å². The molecule has 2 nitrogen and oxygen atoms in total. The molecule has 1 unspecified atom stereocenters. The van der Waals surface area contributed by atoms with E-state index in [4.69, 9.17) is 28.9 Å². The van der Waals surface area contributed by atoms with Crippen LogP contribution < -0.4 is 5.73 Å². The summed E-state index contributed by atoms with van der Waals surface area (Å²) in [6.45, 7) is 9.94. The minimum absolute atomic E-state index is 0.653. The Hall–Kier alpha value is -0.280. The summed E-state index contributed by atoms with van der Waals surface area (Å²) >= 11 is 12.3. The third kappa shape index (κ3) is 3.88. The standard InChI is InChI=1S/C16H25Cl2N2/c1-12(2)9-20(6-5-13(8-19)10-20)11-14-3-4-15(17)7-16(14)18/h3-4,7,12-13H,5-6,8-11,19H2,1-2H3/q+1/t13-,20?/m1/s1. The third-order valence-electron chi connectivity index (χ3n) is 4.26. The first-order valence-electron chi connectivity index (χ1n) is 7.43. The number of nitrogens with zero attached hydrogens (tertiary/aromatic N) is 1. The zero-order valence-electron chi connectivity index (χ0n) is 12.4. The van der Waals surface area contributed by atoms with Crippen LogP contribution in [0.25, 0.3) is 0 Å². The SMILES string of the molecule is CC(C)C[N+]1(Cc2ccc(Cl)cc2Cl)CC[C@H](CN)C1. The maximum atomic E-state index is 6.36. The lowest BCUT2D eigenvalue weighted by Gasteiger charge is -2.36. The zero-order chi connectivity index (χ0) is 14.8. The topological polar surface area (TPSA) is 26.0 Å². The van der Waals surface area contributed by atoms with Crippen LogP contribution in [-0.2, 0) is 6.54 Å². The van der Waals surface area contributed by atoms with Gasteiger partial charge in [-0.2, -0.15) is 0 Å². The normalized spacial score (nSPS) is 26.4. The van der Waals surface area contributed by atoms with E-state index in [0.717, 1.165) is 22.6 Å². The lowest BCUT2D eigenvalue weighted by atomic mass is 10.1. The molecule has 0 radical (unpaired) electrons. The van der Waals surface area contributed by atoms with Crippen molar-refractivity contribution in [3.8, 4) is 0 Å². The second-order valence-electron chi connectivity index (χ2n) is 6.61. The van der Waals surface area contributed by atoms with E-state index in [1.165, 1.54) is 31.6 Å². The zero-order valence-corrected chi connectivity index (χ0v) is 13.9. The van der Waals surface area contributed by atoms with Gasteiger partial charge in [-0.3, -0.25) is 0 Å². The number of benzene rings is 1. The molecule has 1 aliphatic rings. The number of nitrogens with two attached hydrogens (primary N) is 1. The molecule has 1 aliphatic heterocycles. The second kappa shape index (κ2) is 6.65. The molecule has 2 N–H and O–H groups in total. The molecule has 1 aromatic rings. The van der Waals surface area contributed by atoms with E-state index >= 15 is 0 Å². The molecule has 0 aliphatic carbocycles. The molecule has 0 saturated carbocycles. The monoisotopic (exact) mass is 315 g/mol. The Balaban J connectivity index is 2.20. The Kier molecular flexibility index (Phi) is 5.36. The van der Waals surface area contributed by atoms with Crippen LogP contribution in [0.5, 0.6) is 0 Å². The van der Waals surface area contributed by atoms with Crippen LogP contribution in [0.4, 0.5) is 0 Å². The summed E-state index contributed by atoms with van der Waals surface area (Å²) in [6.07, 6.45) is 1.23. The van der Waals surface area contributed by atoms with E-state index in [1.54, 1.807) is 0 Å². The Morgan fingerprint density at radius 3 is 2.65 bits per heavy atom. The van der Waals surface area contributed by atoms with E-state index in [-0.39, 0.29) is 0 Å². The largest absolute Gasteiger partial charge is 0.330 e. The van der Waals surface area contributed by atoms with Crippen molar-refractivity contribution in [1.29, 1.82) is 0 Å². The maximum absolute atomic E-state index is 6.36. The van der Waals surface area contributed by atoms with Crippen LogP contribution in [0.3, 0.4) is 0 Å². The van der Waals surface area contributed by atoms with Crippen LogP contribution in [0.2, 0.25) is 10.0 Å². The fourth-order valence-electron chi connectivity index (χ4n) is 3.54. The molecule has 1 fully saturated rings. The highest BCUT2D eigenvalue weighted by Gasteiger charge is 2.38. The van der Waals surface area contributed by atoms with Crippen molar-refractivity contribution in [2.45, 2.75) is 26.8 Å². The molecule has 0 amide bonds.